The molecule has 2 aliphatic rings. The quantitative estimate of drug-likeness (QED) is 0.798. The van der Waals surface area contributed by atoms with E-state index in [9.17, 15) is 4.79 Å². The molecular weight excluding hydrogens is 350 g/mol. The summed E-state index contributed by atoms with van der Waals surface area (Å²) in [6.07, 6.45) is 0. The number of amides is 1. The van der Waals surface area contributed by atoms with E-state index < -0.39 is 0 Å². The topological polar surface area (TPSA) is 36.0 Å². The fourth-order valence-corrected chi connectivity index (χ4v) is 4.16. The summed E-state index contributed by atoms with van der Waals surface area (Å²) >= 11 is 0. The summed E-state index contributed by atoms with van der Waals surface area (Å²) in [7, 11) is 0. The number of benzene rings is 2. The van der Waals surface area contributed by atoms with Crippen LogP contribution in [-0.2, 0) is 9.53 Å². The zero-order valence-corrected chi connectivity index (χ0v) is 16.4. The fraction of sp³-hybridized carbons (Fsp3) is 0.435. The number of ether oxygens (including phenoxy) is 1. The lowest BCUT2D eigenvalue weighted by Crippen LogP contribution is -2.52. The van der Waals surface area contributed by atoms with E-state index in [1.54, 1.807) is 0 Å². The summed E-state index contributed by atoms with van der Waals surface area (Å²) in [6.45, 7) is 7.06. The number of hydrogen-bond donors (Lipinski definition) is 0. The predicted octanol–water partition coefficient (Wildman–Crippen LogP) is 2.25. The molecule has 1 amide bonds. The molecule has 2 aliphatic heterocycles. The molecule has 0 radical (unpaired) electrons. The Kier molecular flexibility index (Phi) is 6.37. The molecule has 2 fully saturated rings. The Labute approximate surface area is 167 Å². The maximum atomic E-state index is 12.7. The van der Waals surface area contributed by atoms with Gasteiger partial charge in [-0.25, -0.2) is 0 Å². The summed E-state index contributed by atoms with van der Waals surface area (Å²) in [4.78, 5) is 19.4. The summed E-state index contributed by atoms with van der Waals surface area (Å²) in [6, 6.07) is 21.6. The second-order valence-corrected chi connectivity index (χ2v) is 7.53. The van der Waals surface area contributed by atoms with Gasteiger partial charge in [0.2, 0.25) is 5.91 Å². The lowest BCUT2D eigenvalue weighted by atomic mass is 9.96. The van der Waals surface area contributed by atoms with E-state index in [-0.39, 0.29) is 11.9 Å². The minimum Gasteiger partial charge on any atom is -0.379 e. The SMILES string of the molecule is O=C(CN1CCOCC1)N1CCN(C(c2ccccc2)c2ccccc2)CC1. The average molecular weight is 380 g/mol. The second-order valence-electron chi connectivity index (χ2n) is 7.53. The molecule has 4 rings (SSSR count). The molecule has 2 saturated heterocycles. The summed E-state index contributed by atoms with van der Waals surface area (Å²) < 4.78 is 5.38. The van der Waals surface area contributed by atoms with Gasteiger partial charge in [0.15, 0.2) is 0 Å². The number of morpholine rings is 1. The van der Waals surface area contributed by atoms with Gasteiger partial charge in [0.25, 0.3) is 0 Å². The molecule has 0 aliphatic carbocycles. The third-order valence-corrected chi connectivity index (χ3v) is 5.73. The Hall–Kier alpha value is -2.21. The highest BCUT2D eigenvalue weighted by molar-refractivity contribution is 5.78. The Morgan fingerprint density at radius 2 is 1.32 bits per heavy atom. The molecule has 2 aromatic rings. The molecule has 2 heterocycles. The van der Waals surface area contributed by atoms with E-state index in [2.05, 4.69) is 70.5 Å². The van der Waals surface area contributed by atoms with Crippen LogP contribution >= 0.6 is 0 Å². The lowest BCUT2D eigenvalue weighted by Gasteiger charge is -2.40. The van der Waals surface area contributed by atoms with Gasteiger partial charge in [-0.1, -0.05) is 60.7 Å². The van der Waals surface area contributed by atoms with Gasteiger partial charge in [0, 0.05) is 39.3 Å². The Morgan fingerprint density at radius 1 is 0.786 bits per heavy atom. The smallest absolute Gasteiger partial charge is 0.236 e. The molecular formula is C23H29N3O2. The Bertz CT molecular complexity index is 699. The summed E-state index contributed by atoms with van der Waals surface area (Å²) in [5, 5.41) is 0. The van der Waals surface area contributed by atoms with Crippen LogP contribution in [0.5, 0.6) is 0 Å². The van der Waals surface area contributed by atoms with Crippen molar-refractivity contribution in [2.45, 2.75) is 6.04 Å². The van der Waals surface area contributed by atoms with Gasteiger partial charge >= 0.3 is 0 Å². The summed E-state index contributed by atoms with van der Waals surface area (Å²) in [5.41, 5.74) is 2.61. The Balaban J connectivity index is 1.41. The minimum atomic E-state index is 0.235. The van der Waals surface area contributed by atoms with E-state index in [1.807, 2.05) is 4.90 Å². The van der Waals surface area contributed by atoms with Gasteiger partial charge in [-0.3, -0.25) is 14.6 Å². The molecule has 0 bridgehead atoms. The molecule has 2 aromatic carbocycles. The van der Waals surface area contributed by atoms with Crippen LogP contribution in [0.2, 0.25) is 0 Å². The molecule has 0 atom stereocenters. The van der Waals surface area contributed by atoms with Crippen molar-refractivity contribution in [3.63, 3.8) is 0 Å². The van der Waals surface area contributed by atoms with Gasteiger partial charge in [0.1, 0.15) is 0 Å². The van der Waals surface area contributed by atoms with Crippen LogP contribution in [-0.4, -0.2) is 79.6 Å². The molecule has 0 aromatic heterocycles. The van der Waals surface area contributed by atoms with Gasteiger partial charge in [0.05, 0.1) is 25.8 Å². The maximum absolute atomic E-state index is 12.7. The molecule has 5 nitrogen and oxygen atoms in total. The van der Waals surface area contributed by atoms with E-state index in [4.69, 9.17) is 4.74 Å². The third-order valence-electron chi connectivity index (χ3n) is 5.73. The van der Waals surface area contributed by atoms with Crippen molar-refractivity contribution in [3.05, 3.63) is 71.8 Å². The van der Waals surface area contributed by atoms with Crippen molar-refractivity contribution < 1.29 is 9.53 Å². The predicted molar refractivity (Wildman–Crippen MR) is 110 cm³/mol. The first-order chi connectivity index (χ1) is 13.8. The zero-order valence-electron chi connectivity index (χ0n) is 16.4. The van der Waals surface area contributed by atoms with Crippen molar-refractivity contribution in [1.82, 2.24) is 14.7 Å². The summed E-state index contributed by atoms with van der Waals surface area (Å²) in [5.74, 6) is 0.248. The first-order valence-corrected chi connectivity index (χ1v) is 10.2. The molecule has 5 heteroatoms. The van der Waals surface area contributed by atoms with Crippen molar-refractivity contribution in [3.8, 4) is 0 Å². The Morgan fingerprint density at radius 3 is 1.86 bits per heavy atom. The highest BCUT2D eigenvalue weighted by Gasteiger charge is 2.28. The normalized spacial score (nSPS) is 19.1. The van der Waals surface area contributed by atoms with E-state index in [1.165, 1.54) is 11.1 Å². The number of rotatable bonds is 5. The highest BCUT2D eigenvalue weighted by atomic mass is 16.5. The first kappa shape index (κ1) is 19.1. The van der Waals surface area contributed by atoms with Gasteiger partial charge in [-0.15, -0.1) is 0 Å². The van der Waals surface area contributed by atoms with Crippen molar-refractivity contribution in [1.29, 1.82) is 0 Å². The minimum absolute atomic E-state index is 0.235. The zero-order chi connectivity index (χ0) is 19.2. The maximum Gasteiger partial charge on any atom is 0.236 e. The van der Waals surface area contributed by atoms with Crippen molar-refractivity contribution >= 4 is 5.91 Å². The van der Waals surface area contributed by atoms with Crippen LogP contribution in [0.3, 0.4) is 0 Å². The van der Waals surface area contributed by atoms with Crippen LogP contribution < -0.4 is 0 Å². The van der Waals surface area contributed by atoms with E-state index in [0.717, 1.165) is 52.5 Å². The molecule has 148 valence electrons. The van der Waals surface area contributed by atoms with Gasteiger partial charge < -0.3 is 9.64 Å². The standard InChI is InChI=1S/C23H29N3O2/c27-22(19-24-15-17-28-18-16-24)25-11-13-26(14-12-25)23(20-7-3-1-4-8-20)21-9-5-2-6-10-21/h1-10,23H,11-19H2. The number of nitrogens with zero attached hydrogens (tertiary/aromatic N) is 3. The largest absolute Gasteiger partial charge is 0.379 e. The molecule has 0 N–H and O–H groups in total. The van der Waals surface area contributed by atoms with Gasteiger partial charge in [-0.2, -0.15) is 0 Å². The second kappa shape index (κ2) is 9.32. The molecule has 0 saturated carbocycles. The van der Waals surface area contributed by atoms with Gasteiger partial charge in [-0.05, 0) is 11.1 Å². The van der Waals surface area contributed by atoms with Crippen LogP contribution in [0.4, 0.5) is 0 Å². The first-order valence-electron chi connectivity index (χ1n) is 10.2. The van der Waals surface area contributed by atoms with Crippen LogP contribution in [0.15, 0.2) is 60.7 Å². The number of hydrogen-bond acceptors (Lipinski definition) is 4. The molecule has 0 unspecified atom stereocenters. The fourth-order valence-electron chi connectivity index (χ4n) is 4.16. The number of piperazine rings is 1. The third kappa shape index (κ3) is 4.61. The highest BCUT2D eigenvalue weighted by Crippen LogP contribution is 2.29. The monoisotopic (exact) mass is 379 g/mol. The van der Waals surface area contributed by atoms with Crippen LogP contribution in [0.1, 0.15) is 17.2 Å². The van der Waals surface area contributed by atoms with E-state index in [0.29, 0.717) is 6.54 Å². The van der Waals surface area contributed by atoms with Crippen molar-refractivity contribution in [2.75, 3.05) is 59.0 Å². The molecule has 0 spiro atoms. The lowest BCUT2D eigenvalue weighted by molar-refractivity contribution is -0.135. The number of carbonyl (C=O) groups excluding carboxylic acids is 1. The number of carbonyl (C=O) groups is 1. The van der Waals surface area contributed by atoms with Crippen LogP contribution in [0, 0.1) is 0 Å². The van der Waals surface area contributed by atoms with Crippen molar-refractivity contribution in [2.24, 2.45) is 0 Å². The van der Waals surface area contributed by atoms with E-state index >= 15 is 0 Å². The molecule has 28 heavy (non-hydrogen) atoms. The van der Waals surface area contributed by atoms with Crippen LogP contribution in [0.25, 0.3) is 0 Å². The average Bonchev–Trinajstić information content (AvgIpc) is 2.77.